The zero-order valence-corrected chi connectivity index (χ0v) is 5.35. The maximum Gasteiger partial charge on any atom is 0.106 e. The van der Waals surface area contributed by atoms with E-state index in [2.05, 4.69) is 0 Å². The third kappa shape index (κ3) is 17.6. The molecule has 0 spiro atoms. The number of carbonyl (C=O) groups excluding carboxylic acids is 1. The second kappa shape index (κ2) is 4.74. The van der Waals surface area contributed by atoms with Crippen LogP contribution in [0.15, 0.2) is 0 Å². The zero-order valence-electron chi connectivity index (χ0n) is 5.35. The van der Waals surface area contributed by atoms with Gasteiger partial charge in [-0.25, -0.2) is 0 Å². The van der Waals surface area contributed by atoms with Gasteiger partial charge in [-0.05, 0) is 13.8 Å². The van der Waals surface area contributed by atoms with E-state index in [1.165, 1.54) is 0 Å². The van der Waals surface area contributed by atoms with E-state index in [-0.39, 0.29) is 6.61 Å². The first kappa shape index (κ1) is 10.5. The molecule has 0 bridgehead atoms. The predicted molar refractivity (Wildman–Crippen MR) is 32.5 cm³/mol. The molecule has 0 rings (SSSR count). The van der Waals surface area contributed by atoms with Gasteiger partial charge in [-0.15, -0.1) is 0 Å². The Morgan fingerprint density at radius 3 is 1.75 bits per heavy atom. The van der Waals surface area contributed by atoms with Crippen molar-refractivity contribution in [3.05, 3.63) is 0 Å². The van der Waals surface area contributed by atoms with Crippen LogP contribution in [0.25, 0.3) is 0 Å². The number of carbonyl (C=O) groups is 1. The van der Waals surface area contributed by atoms with Crippen LogP contribution in [0.4, 0.5) is 0 Å². The molecule has 0 aliphatic carbocycles. The molecule has 3 N–H and O–H groups in total. The Labute approximate surface area is 49.5 Å². The molecule has 3 heteroatoms. The standard InChI is InChI=1S/C4H11NO.CH2O/c1-4(2,5)3-6;1-2/h6H,3,5H2,1-2H3;1H2. The second-order valence-electron chi connectivity index (χ2n) is 2.15. The predicted octanol–water partition coefficient (Wildman–Crippen LogP) is -0.469. The van der Waals surface area contributed by atoms with E-state index >= 15 is 0 Å². The van der Waals surface area contributed by atoms with Crippen LogP contribution in [0.5, 0.6) is 0 Å². The molecule has 0 aromatic carbocycles. The number of nitrogens with two attached hydrogens (primary N) is 1. The summed E-state index contributed by atoms with van der Waals surface area (Å²) in [6, 6.07) is 0. The van der Waals surface area contributed by atoms with Crippen LogP contribution in [0, 0.1) is 0 Å². The molecule has 0 saturated heterocycles. The van der Waals surface area contributed by atoms with Crippen molar-refractivity contribution in [2.75, 3.05) is 6.61 Å². The van der Waals surface area contributed by atoms with Crippen molar-refractivity contribution in [3.8, 4) is 0 Å². The maximum absolute atomic E-state index is 8.28. The van der Waals surface area contributed by atoms with Gasteiger partial charge in [0.25, 0.3) is 0 Å². The Kier molecular flexibility index (Phi) is 6.25. The van der Waals surface area contributed by atoms with Gasteiger partial charge in [0.1, 0.15) is 6.79 Å². The first-order valence-corrected chi connectivity index (χ1v) is 2.25. The van der Waals surface area contributed by atoms with Crippen molar-refractivity contribution in [3.63, 3.8) is 0 Å². The van der Waals surface area contributed by atoms with E-state index in [1.807, 2.05) is 6.79 Å². The third-order valence-corrected chi connectivity index (χ3v) is 0.408. The van der Waals surface area contributed by atoms with Crippen molar-refractivity contribution in [2.45, 2.75) is 19.4 Å². The van der Waals surface area contributed by atoms with Crippen molar-refractivity contribution >= 4 is 6.79 Å². The van der Waals surface area contributed by atoms with Crippen LogP contribution in [0.2, 0.25) is 0 Å². The number of aliphatic hydroxyl groups is 1. The minimum atomic E-state index is -0.403. The summed E-state index contributed by atoms with van der Waals surface area (Å²) in [5, 5.41) is 8.28. The topological polar surface area (TPSA) is 63.3 Å². The van der Waals surface area contributed by atoms with Crippen molar-refractivity contribution < 1.29 is 9.90 Å². The first-order valence-electron chi connectivity index (χ1n) is 2.25. The molecular weight excluding hydrogens is 106 g/mol. The number of aliphatic hydroxyl groups excluding tert-OH is 1. The molecule has 0 heterocycles. The Morgan fingerprint density at radius 1 is 1.62 bits per heavy atom. The summed E-state index contributed by atoms with van der Waals surface area (Å²) >= 11 is 0. The molecular formula is C5H13NO2. The Bertz CT molecular complexity index is 48.9. The summed E-state index contributed by atoms with van der Waals surface area (Å²) in [4.78, 5) is 8.00. The van der Waals surface area contributed by atoms with E-state index in [0.29, 0.717) is 0 Å². The minimum Gasteiger partial charge on any atom is -0.394 e. The molecule has 0 fully saturated rings. The molecule has 8 heavy (non-hydrogen) atoms. The second-order valence-corrected chi connectivity index (χ2v) is 2.15. The molecule has 50 valence electrons. The minimum absolute atomic E-state index is 0.0486. The molecule has 0 unspecified atom stereocenters. The van der Waals surface area contributed by atoms with Gasteiger partial charge in [0.15, 0.2) is 0 Å². The van der Waals surface area contributed by atoms with Crippen LogP contribution in [0.1, 0.15) is 13.8 Å². The quantitative estimate of drug-likeness (QED) is 0.490. The fourth-order valence-electron chi connectivity index (χ4n) is 0. The van der Waals surface area contributed by atoms with Gasteiger partial charge in [0.05, 0.1) is 6.61 Å². The lowest BCUT2D eigenvalue weighted by atomic mass is 10.1. The Morgan fingerprint density at radius 2 is 1.75 bits per heavy atom. The summed E-state index contributed by atoms with van der Waals surface area (Å²) in [7, 11) is 0. The molecule has 0 aromatic rings. The number of hydrogen-bond acceptors (Lipinski definition) is 3. The molecule has 3 nitrogen and oxygen atoms in total. The van der Waals surface area contributed by atoms with Crippen molar-refractivity contribution in [2.24, 2.45) is 5.73 Å². The Balaban J connectivity index is 0. The van der Waals surface area contributed by atoms with Gasteiger partial charge in [-0.3, -0.25) is 0 Å². The highest BCUT2D eigenvalue weighted by Gasteiger charge is 2.05. The molecule has 0 aliphatic heterocycles. The van der Waals surface area contributed by atoms with Gasteiger partial charge in [0, 0.05) is 5.54 Å². The van der Waals surface area contributed by atoms with E-state index in [4.69, 9.17) is 15.6 Å². The van der Waals surface area contributed by atoms with E-state index in [0.717, 1.165) is 0 Å². The molecule has 0 atom stereocenters. The van der Waals surface area contributed by atoms with Crippen molar-refractivity contribution in [1.82, 2.24) is 0 Å². The lowest BCUT2D eigenvalue weighted by Gasteiger charge is -2.12. The summed E-state index contributed by atoms with van der Waals surface area (Å²) in [5.74, 6) is 0. The lowest BCUT2D eigenvalue weighted by molar-refractivity contribution is -0.0979. The SMILES string of the molecule is C=O.CC(C)(N)CO. The van der Waals surface area contributed by atoms with Gasteiger partial charge >= 0.3 is 0 Å². The highest BCUT2D eigenvalue weighted by atomic mass is 16.3. The molecule has 0 aromatic heterocycles. The van der Waals surface area contributed by atoms with Gasteiger partial charge in [-0.1, -0.05) is 0 Å². The van der Waals surface area contributed by atoms with E-state index in [1.54, 1.807) is 13.8 Å². The molecule has 0 radical (unpaired) electrons. The largest absolute Gasteiger partial charge is 0.394 e. The fourth-order valence-corrected chi connectivity index (χ4v) is 0. The average Bonchev–Trinajstić information content (AvgIpc) is 1.71. The summed E-state index contributed by atoms with van der Waals surface area (Å²) < 4.78 is 0. The van der Waals surface area contributed by atoms with Crippen LogP contribution in [0.3, 0.4) is 0 Å². The van der Waals surface area contributed by atoms with Gasteiger partial charge < -0.3 is 15.6 Å². The summed E-state index contributed by atoms with van der Waals surface area (Å²) in [6.07, 6.45) is 0. The van der Waals surface area contributed by atoms with Crippen LogP contribution in [-0.2, 0) is 4.79 Å². The summed E-state index contributed by atoms with van der Waals surface area (Å²) in [5.41, 5.74) is 4.88. The zero-order chi connectivity index (χ0) is 7.21. The van der Waals surface area contributed by atoms with Crippen LogP contribution < -0.4 is 5.73 Å². The maximum atomic E-state index is 8.28. The normalized spacial score (nSPS) is 9.50. The van der Waals surface area contributed by atoms with Crippen LogP contribution >= 0.6 is 0 Å². The van der Waals surface area contributed by atoms with E-state index in [9.17, 15) is 0 Å². The lowest BCUT2D eigenvalue weighted by Crippen LogP contribution is -2.35. The fraction of sp³-hybridized carbons (Fsp3) is 0.800. The highest BCUT2D eigenvalue weighted by Crippen LogP contribution is 1.89. The van der Waals surface area contributed by atoms with E-state index < -0.39 is 5.54 Å². The van der Waals surface area contributed by atoms with Crippen LogP contribution in [-0.4, -0.2) is 24.0 Å². The molecule has 0 saturated carbocycles. The van der Waals surface area contributed by atoms with Crippen molar-refractivity contribution in [1.29, 1.82) is 0 Å². The number of rotatable bonds is 1. The number of hydrogen-bond donors (Lipinski definition) is 2. The average molecular weight is 119 g/mol. The smallest absolute Gasteiger partial charge is 0.106 e. The Hall–Kier alpha value is -0.410. The third-order valence-electron chi connectivity index (χ3n) is 0.408. The summed E-state index contributed by atoms with van der Waals surface area (Å²) in [6.45, 7) is 5.59. The van der Waals surface area contributed by atoms with Gasteiger partial charge in [0.2, 0.25) is 0 Å². The van der Waals surface area contributed by atoms with Gasteiger partial charge in [-0.2, -0.15) is 0 Å². The highest BCUT2D eigenvalue weighted by molar-refractivity contribution is 5.10. The molecule has 0 amide bonds. The first-order chi connectivity index (χ1) is 3.56. The molecule has 0 aliphatic rings. The monoisotopic (exact) mass is 119 g/mol.